The summed E-state index contributed by atoms with van der Waals surface area (Å²) in [6, 6.07) is 3.40. The SMILES string of the molecule is COc1cc(C)c(C)cc1S(=O)(=O)NCC1(OC)CCSC1. The van der Waals surface area contributed by atoms with Crippen LogP contribution in [0.15, 0.2) is 17.0 Å². The van der Waals surface area contributed by atoms with Crippen LogP contribution in [0, 0.1) is 13.8 Å². The number of thioether (sulfide) groups is 1. The van der Waals surface area contributed by atoms with Crippen molar-refractivity contribution in [2.75, 3.05) is 32.3 Å². The second-order valence-corrected chi connectivity index (χ2v) is 8.44. The first-order chi connectivity index (χ1) is 10.3. The number of hydrogen-bond donors (Lipinski definition) is 1. The van der Waals surface area contributed by atoms with Crippen LogP contribution in [0.3, 0.4) is 0 Å². The summed E-state index contributed by atoms with van der Waals surface area (Å²) in [5.41, 5.74) is 1.50. The van der Waals surface area contributed by atoms with E-state index in [-0.39, 0.29) is 11.4 Å². The topological polar surface area (TPSA) is 64.6 Å². The first kappa shape index (κ1) is 17.6. The molecule has 1 aliphatic rings. The van der Waals surface area contributed by atoms with Gasteiger partial charge in [-0.25, -0.2) is 13.1 Å². The summed E-state index contributed by atoms with van der Waals surface area (Å²) in [5.74, 6) is 2.15. The third kappa shape index (κ3) is 3.59. The van der Waals surface area contributed by atoms with E-state index in [4.69, 9.17) is 9.47 Å². The first-order valence-corrected chi connectivity index (χ1v) is 9.75. The standard InChI is InChI=1S/C15H23NO4S2/c1-11-7-13(19-3)14(8-12(11)2)22(17,18)16-9-15(20-4)5-6-21-10-15/h7-8,16H,5-6,9-10H2,1-4H3. The van der Waals surface area contributed by atoms with E-state index in [1.165, 1.54) is 7.11 Å². The Bertz CT molecular complexity index is 637. The number of rotatable bonds is 6. The van der Waals surface area contributed by atoms with Gasteiger partial charge in [-0.3, -0.25) is 0 Å². The van der Waals surface area contributed by atoms with E-state index in [1.54, 1.807) is 31.0 Å². The van der Waals surface area contributed by atoms with Crippen molar-refractivity contribution in [3.8, 4) is 5.75 Å². The lowest BCUT2D eigenvalue weighted by Crippen LogP contribution is -2.44. The molecule has 22 heavy (non-hydrogen) atoms. The molecule has 2 rings (SSSR count). The van der Waals surface area contributed by atoms with Gasteiger partial charge in [-0.05, 0) is 49.3 Å². The molecule has 0 bridgehead atoms. The molecule has 1 heterocycles. The Morgan fingerprint density at radius 2 is 1.95 bits per heavy atom. The zero-order chi connectivity index (χ0) is 16.4. The second-order valence-electron chi connectivity index (χ2n) is 5.60. The van der Waals surface area contributed by atoms with Crippen molar-refractivity contribution >= 4 is 21.8 Å². The predicted molar refractivity (Wildman–Crippen MR) is 89.3 cm³/mol. The molecule has 1 aromatic rings. The van der Waals surface area contributed by atoms with Gasteiger partial charge in [-0.1, -0.05) is 0 Å². The lowest BCUT2D eigenvalue weighted by atomic mass is 10.0. The molecule has 1 N–H and O–H groups in total. The van der Waals surface area contributed by atoms with E-state index in [0.29, 0.717) is 5.75 Å². The summed E-state index contributed by atoms with van der Waals surface area (Å²) in [6.45, 7) is 4.09. The van der Waals surface area contributed by atoms with Crippen molar-refractivity contribution in [2.45, 2.75) is 30.8 Å². The van der Waals surface area contributed by atoms with Gasteiger partial charge >= 0.3 is 0 Å². The van der Waals surface area contributed by atoms with Crippen LogP contribution in [0.4, 0.5) is 0 Å². The highest BCUT2D eigenvalue weighted by molar-refractivity contribution is 7.99. The molecule has 1 fully saturated rings. The third-order valence-electron chi connectivity index (χ3n) is 4.15. The van der Waals surface area contributed by atoms with Gasteiger partial charge in [0.15, 0.2) is 0 Å². The number of ether oxygens (including phenoxy) is 2. The summed E-state index contributed by atoms with van der Waals surface area (Å²) in [6.07, 6.45) is 0.848. The van der Waals surface area contributed by atoms with Crippen molar-refractivity contribution in [1.29, 1.82) is 0 Å². The van der Waals surface area contributed by atoms with Crippen LogP contribution in [-0.2, 0) is 14.8 Å². The Morgan fingerprint density at radius 3 is 2.50 bits per heavy atom. The molecule has 1 atom stereocenters. The molecule has 0 radical (unpaired) electrons. The first-order valence-electron chi connectivity index (χ1n) is 7.11. The molecule has 1 saturated heterocycles. The maximum absolute atomic E-state index is 12.6. The number of benzene rings is 1. The highest BCUT2D eigenvalue weighted by Gasteiger charge is 2.36. The van der Waals surface area contributed by atoms with Crippen molar-refractivity contribution in [3.05, 3.63) is 23.3 Å². The molecule has 1 aliphatic heterocycles. The minimum absolute atomic E-state index is 0.176. The van der Waals surface area contributed by atoms with Crippen LogP contribution in [0.2, 0.25) is 0 Å². The number of sulfonamides is 1. The molecule has 0 saturated carbocycles. The average Bonchev–Trinajstić information content (AvgIpc) is 2.97. The van der Waals surface area contributed by atoms with E-state index in [9.17, 15) is 8.42 Å². The monoisotopic (exact) mass is 345 g/mol. The van der Waals surface area contributed by atoms with Crippen LogP contribution >= 0.6 is 11.8 Å². The molecule has 0 aromatic heterocycles. The Balaban J connectivity index is 2.25. The summed E-state index contributed by atoms with van der Waals surface area (Å²) in [5, 5.41) is 0. The van der Waals surface area contributed by atoms with Gasteiger partial charge < -0.3 is 9.47 Å². The molecular formula is C15H23NO4S2. The second kappa shape index (κ2) is 6.78. The number of nitrogens with one attached hydrogen (secondary N) is 1. The summed E-state index contributed by atoms with van der Waals surface area (Å²) >= 11 is 1.78. The molecule has 7 heteroatoms. The summed E-state index contributed by atoms with van der Waals surface area (Å²) in [7, 11) is -0.527. The smallest absolute Gasteiger partial charge is 0.244 e. The van der Waals surface area contributed by atoms with E-state index < -0.39 is 15.6 Å². The fourth-order valence-corrected chi connectivity index (χ4v) is 5.14. The molecule has 1 aromatic carbocycles. The Morgan fingerprint density at radius 1 is 1.27 bits per heavy atom. The van der Waals surface area contributed by atoms with Gasteiger partial charge in [0.25, 0.3) is 0 Å². The van der Waals surface area contributed by atoms with Crippen molar-refractivity contribution < 1.29 is 17.9 Å². The van der Waals surface area contributed by atoms with Crippen molar-refractivity contribution in [3.63, 3.8) is 0 Å². The average molecular weight is 345 g/mol. The summed E-state index contributed by atoms with van der Waals surface area (Å²) in [4.78, 5) is 0.176. The van der Waals surface area contributed by atoms with Gasteiger partial charge in [0.1, 0.15) is 10.6 Å². The minimum atomic E-state index is -3.64. The van der Waals surface area contributed by atoms with E-state index in [1.807, 2.05) is 13.8 Å². The zero-order valence-corrected chi connectivity index (χ0v) is 15.1. The molecule has 0 spiro atoms. The predicted octanol–water partition coefficient (Wildman–Crippen LogP) is 2.11. The lowest BCUT2D eigenvalue weighted by molar-refractivity contribution is 0.0179. The minimum Gasteiger partial charge on any atom is -0.495 e. The van der Waals surface area contributed by atoms with Crippen LogP contribution in [0.1, 0.15) is 17.5 Å². The van der Waals surface area contributed by atoms with Gasteiger partial charge in [-0.15, -0.1) is 0 Å². The highest BCUT2D eigenvalue weighted by Crippen LogP contribution is 2.32. The van der Waals surface area contributed by atoms with E-state index in [2.05, 4.69) is 4.72 Å². The van der Waals surface area contributed by atoms with Gasteiger partial charge in [0.2, 0.25) is 10.0 Å². The lowest BCUT2D eigenvalue weighted by Gasteiger charge is -2.27. The summed E-state index contributed by atoms with van der Waals surface area (Å²) < 4.78 is 38.7. The van der Waals surface area contributed by atoms with E-state index >= 15 is 0 Å². The number of aryl methyl sites for hydroxylation is 2. The molecular weight excluding hydrogens is 322 g/mol. The maximum Gasteiger partial charge on any atom is 0.244 e. The van der Waals surface area contributed by atoms with Crippen LogP contribution in [0.5, 0.6) is 5.75 Å². The number of methoxy groups -OCH3 is 2. The molecule has 1 unspecified atom stereocenters. The molecule has 0 aliphatic carbocycles. The van der Waals surface area contributed by atoms with Gasteiger partial charge in [0, 0.05) is 19.4 Å². The third-order valence-corrected chi connectivity index (χ3v) is 6.80. The Kier molecular flexibility index (Phi) is 5.42. The Labute approximate surface area is 136 Å². The molecule has 124 valence electrons. The number of hydrogen-bond acceptors (Lipinski definition) is 5. The molecule has 0 amide bonds. The van der Waals surface area contributed by atoms with E-state index in [0.717, 1.165) is 29.1 Å². The fraction of sp³-hybridized carbons (Fsp3) is 0.600. The Hall–Kier alpha value is -0.760. The van der Waals surface area contributed by atoms with Crippen LogP contribution in [0.25, 0.3) is 0 Å². The largest absolute Gasteiger partial charge is 0.495 e. The highest BCUT2D eigenvalue weighted by atomic mass is 32.2. The quantitative estimate of drug-likeness (QED) is 0.855. The fourth-order valence-electron chi connectivity index (χ4n) is 2.40. The molecule has 5 nitrogen and oxygen atoms in total. The van der Waals surface area contributed by atoms with Crippen LogP contribution in [-0.4, -0.2) is 46.3 Å². The van der Waals surface area contributed by atoms with Gasteiger partial charge in [0.05, 0.1) is 12.7 Å². The zero-order valence-electron chi connectivity index (χ0n) is 13.4. The van der Waals surface area contributed by atoms with Gasteiger partial charge in [-0.2, -0.15) is 11.8 Å². The normalized spacial score (nSPS) is 22.0. The van der Waals surface area contributed by atoms with Crippen LogP contribution < -0.4 is 9.46 Å². The van der Waals surface area contributed by atoms with Crippen molar-refractivity contribution in [1.82, 2.24) is 4.72 Å². The van der Waals surface area contributed by atoms with Crippen molar-refractivity contribution in [2.24, 2.45) is 0 Å². The maximum atomic E-state index is 12.6.